The van der Waals surface area contributed by atoms with E-state index in [-0.39, 0.29) is 11.7 Å². The van der Waals surface area contributed by atoms with E-state index in [2.05, 4.69) is 15.5 Å². The molecule has 1 fully saturated rings. The van der Waals surface area contributed by atoms with Crippen molar-refractivity contribution in [3.8, 4) is 0 Å². The van der Waals surface area contributed by atoms with Crippen molar-refractivity contribution in [1.82, 2.24) is 14.9 Å². The molecule has 0 radical (unpaired) electrons. The van der Waals surface area contributed by atoms with Crippen molar-refractivity contribution in [3.05, 3.63) is 35.2 Å². The normalized spacial score (nSPS) is 14.1. The lowest BCUT2D eigenvalue weighted by molar-refractivity contribution is -0.113. The molecule has 116 valence electrons. The summed E-state index contributed by atoms with van der Waals surface area (Å²) in [4.78, 5) is 12.1. The van der Waals surface area contributed by atoms with E-state index >= 15 is 0 Å². The number of carbonyl (C=O) groups is 1. The topological polar surface area (TPSA) is 85.8 Å². The Balaban J connectivity index is 1.61. The number of nitrogens with one attached hydrogen (secondary N) is 1. The summed E-state index contributed by atoms with van der Waals surface area (Å²) in [6.07, 6.45) is 2.24. The maximum absolute atomic E-state index is 12.1. The van der Waals surface area contributed by atoms with Gasteiger partial charge in [-0.2, -0.15) is 0 Å². The molecule has 1 aliphatic carbocycles. The Morgan fingerprint density at radius 3 is 2.68 bits per heavy atom. The van der Waals surface area contributed by atoms with Crippen molar-refractivity contribution in [1.29, 1.82) is 0 Å². The molecule has 1 amide bonds. The van der Waals surface area contributed by atoms with Crippen LogP contribution in [0.4, 0.5) is 5.69 Å². The highest BCUT2D eigenvalue weighted by atomic mass is 32.2. The molecule has 3 N–H and O–H groups in total. The summed E-state index contributed by atoms with van der Waals surface area (Å²) >= 11 is 1.30. The fraction of sp³-hybridized carbons (Fsp3) is 0.400. The molecular weight excluding hydrogens is 298 g/mol. The van der Waals surface area contributed by atoms with Crippen molar-refractivity contribution in [2.75, 3.05) is 16.9 Å². The van der Waals surface area contributed by atoms with Crippen LogP contribution in [0.3, 0.4) is 0 Å². The lowest BCUT2D eigenvalue weighted by Gasteiger charge is -2.11. The average molecular weight is 317 g/mol. The molecule has 6 nitrogen and oxygen atoms in total. The van der Waals surface area contributed by atoms with E-state index in [9.17, 15) is 4.79 Å². The number of benzene rings is 1. The molecule has 0 aliphatic heterocycles. The SMILES string of the molecule is Cc1cccc(C)c1NC(=O)CSc1nnc(C2CC2)n1N. The minimum Gasteiger partial charge on any atom is -0.336 e. The second-order valence-corrected chi connectivity index (χ2v) is 6.53. The van der Waals surface area contributed by atoms with Gasteiger partial charge in [-0.1, -0.05) is 30.0 Å². The molecular formula is C15H19N5OS. The first-order chi connectivity index (χ1) is 10.6. The summed E-state index contributed by atoms with van der Waals surface area (Å²) in [6, 6.07) is 5.94. The fourth-order valence-electron chi connectivity index (χ4n) is 2.32. The molecule has 7 heteroatoms. The Morgan fingerprint density at radius 1 is 1.36 bits per heavy atom. The second-order valence-electron chi connectivity index (χ2n) is 5.59. The van der Waals surface area contributed by atoms with Gasteiger partial charge in [0, 0.05) is 11.6 Å². The molecule has 0 saturated heterocycles. The Hall–Kier alpha value is -2.02. The number of nitrogens with zero attached hydrogens (tertiary/aromatic N) is 3. The molecule has 3 rings (SSSR count). The average Bonchev–Trinajstić information content (AvgIpc) is 3.25. The van der Waals surface area contributed by atoms with Gasteiger partial charge < -0.3 is 11.2 Å². The van der Waals surface area contributed by atoms with Crippen LogP contribution < -0.4 is 11.2 Å². The number of hydrogen-bond donors (Lipinski definition) is 2. The lowest BCUT2D eigenvalue weighted by Crippen LogP contribution is -2.18. The second kappa shape index (κ2) is 6.00. The number of hydrogen-bond acceptors (Lipinski definition) is 5. The quantitative estimate of drug-likeness (QED) is 0.652. The summed E-state index contributed by atoms with van der Waals surface area (Å²) in [5, 5.41) is 11.7. The Bertz CT molecular complexity index is 688. The molecule has 1 aliphatic rings. The smallest absolute Gasteiger partial charge is 0.234 e. The van der Waals surface area contributed by atoms with Gasteiger partial charge in [0.15, 0.2) is 5.82 Å². The summed E-state index contributed by atoms with van der Waals surface area (Å²) in [5.41, 5.74) is 2.98. The first kappa shape index (κ1) is 14.9. The van der Waals surface area contributed by atoms with Crippen LogP contribution in [0.15, 0.2) is 23.4 Å². The van der Waals surface area contributed by atoms with Gasteiger partial charge in [0.05, 0.1) is 5.75 Å². The molecule has 22 heavy (non-hydrogen) atoms. The van der Waals surface area contributed by atoms with E-state index < -0.39 is 0 Å². The maximum Gasteiger partial charge on any atom is 0.234 e. The maximum atomic E-state index is 12.1. The van der Waals surface area contributed by atoms with E-state index in [1.165, 1.54) is 16.4 Å². The van der Waals surface area contributed by atoms with Crippen molar-refractivity contribution in [2.45, 2.75) is 37.8 Å². The summed E-state index contributed by atoms with van der Waals surface area (Å²) in [7, 11) is 0. The van der Waals surface area contributed by atoms with Crippen molar-refractivity contribution < 1.29 is 4.79 Å². The van der Waals surface area contributed by atoms with Gasteiger partial charge in [-0.25, -0.2) is 4.68 Å². The third-order valence-electron chi connectivity index (χ3n) is 3.71. The van der Waals surface area contributed by atoms with E-state index in [0.29, 0.717) is 11.1 Å². The number of aryl methyl sites for hydroxylation is 2. The zero-order valence-corrected chi connectivity index (χ0v) is 13.5. The van der Waals surface area contributed by atoms with Crippen LogP contribution in [0.25, 0.3) is 0 Å². The third kappa shape index (κ3) is 3.09. The van der Waals surface area contributed by atoms with Crippen molar-refractivity contribution in [3.63, 3.8) is 0 Å². The predicted octanol–water partition coefficient (Wildman–Crippen LogP) is 2.22. The first-order valence-electron chi connectivity index (χ1n) is 7.25. The van der Waals surface area contributed by atoms with Gasteiger partial charge in [-0.05, 0) is 37.8 Å². The summed E-state index contributed by atoms with van der Waals surface area (Å²) in [5.74, 6) is 7.41. The molecule has 0 unspecified atom stereocenters. The third-order valence-corrected chi connectivity index (χ3v) is 4.65. The molecule has 0 bridgehead atoms. The van der Waals surface area contributed by atoms with Gasteiger partial charge in [0.2, 0.25) is 11.1 Å². The largest absolute Gasteiger partial charge is 0.336 e. The highest BCUT2D eigenvalue weighted by Crippen LogP contribution is 2.39. The molecule has 1 aromatic heterocycles. The number of anilines is 1. The Kier molecular flexibility index (Phi) is 4.06. The molecule has 0 atom stereocenters. The molecule has 0 spiro atoms. The van der Waals surface area contributed by atoms with Gasteiger partial charge in [0.1, 0.15) is 0 Å². The van der Waals surface area contributed by atoms with Gasteiger partial charge in [-0.3, -0.25) is 4.79 Å². The first-order valence-corrected chi connectivity index (χ1v) is 8.24. The number of rotatable bonds is 5. The highest BCUT2D eigenvalue weighted by Gasteiger charge is 2.30. The number of nitrogens with two attached hydrogens (primary N) is 1. The zero-order valence-electron chi connectivity index (χ0n) is 12.7. The molecule has 2 aromatic rings. The summed E-state index contributed by atoms with van der Waals surface area (Å²) in [6.45, 7) is 3.96. The lowest BCUT2D eigenvalue weighted by atomic mass is 10.1. The van der Waals surface area contributed by atoms with Crippen LogP contribution >= 0.6 is 11.8 Å². The van der Waals surface area contributed by atoms with E-state index in [0.717, 1.165) is 35.5 Å². The van der Waals surface area contributed by atoms with E-state index in [1.807, 2.05) is 32.0 Å². The van der Waals surface area contributed by atoms with Crippen LogP contribution in [0, 0.1) is 13.8 Å². The highest BCUT2D eigenvalue weighted by molar-refractivity contribution is 7.99. The van der Waals surface area contributed by atoms with Crippen LogP contribution in [0.1, 0.15) is 35.7 Å². The predicted molar refractivity (Wildman–Crippen MR) is 87.4 cm³/mol. The zero-order chi connectivity index (χ0) is 15.7. The van der Waals surface area contributed by atoms with Crippen LogP contribution in [0.2, 0.25) is 0 Å². The number of carbonyl (C=O) groups excluding carboxylic acids is 1. The number of para-hydroxylation sites is 1. The molecule has 1 aromatic carbocycles. The monoisotopic (exact) mass is 317 g/mol. The number of aromatic nitrogens is 3. The molecule has 1 heterocycles. The number of amides is 1. The number of thioether (sulfide) groups is 1. The standard InChI is InChI=1S/C15H19N5OS/c1-9-4-3-5-10(2)13(9)17-12(21)8-22-15-19-18-14(20(15)16)11-6-7-11/h3-5,11H,6-8,16H2,1-2H3,(H,17,21). The number of nitrogen functional groups attached to an aromatic ring is 1. The van der Waals surface area contributed by atoms with Crippen LogP contribution in [0.5, 0.6) is 0 Å². The Morgan fingerprint density at radius 2 is 2.05 bits per heavy atom. The van der Waals surface area contributed by atoms with Gasteiger partial charge in [0.25, 0.3) is 0 Å². The van der Waals surface area contributed by atoms with Crippen LogP contribution in [-0.2, 0) is 4.79 Å². The van der Waals surface area contributed by atoms with Crippen molar-refractivity contribution >= 4 is 23.4 Å². The summed E-state index contributed by atoms with van der Waals surface area (Å²) < 4.78 is 1.51. The van der Waals surface area contributed by atoms with E-state index in [4.69, 9.17) is 5.84 Å². The molecule has 1 saturated carbocycles. The van der Waals surface area contributed by atoms with Gasteiger partial charge >= 0.3 is 0 Å². The van der Waals surface area contributed by atoms with E-state index in [1.54, 1.807) is 0 Å². The fourth-order valence-corrected chi connectivity index (χ4v) is 2.99. The van der Waals surface area contributed by atoms with Crippen LogP contribution in [-0.4, -0.2) is 26.5 Å². The minimum absolute atomic E-state index is 0.0710. The Labute approximate surface area is 133 Å². The van der Waals surface area contributed by atoms with Crippen molar-refractivity contribution in [2.24, 2.45) is 0 Å². The minimum atomic E-state index is -0.0710. The van der Waals surface area contributed by atoms with Gasteiger partial charge in [-0.15, -0.1) is 10.2 Å².